The Hall–Kier alpha value is -1.56. The molecule has 0 aliphatic carbocycles. The summed E-state index contributed by atoms with van der Waals surface area (Å²) in [6.45, 7) is 4.62. The summed E-state index contributed by atoms with van der Waals surface area (Å²) < 4.78 is 0. The van der Waals surface area contributed by atoms with Crippen LogP contribution in [0.2, 0.25) is 0 Å². The SMILES string of the molecule is CC(C)CCCCCc1ccccc1-c1ccccc1. The molecule has 2 rings (SSSR count). The van der Waals surface area contributed by atoms with Crippen molar-refractivity contribution in [3.8, 4) is 11.1 Å². The Bertz CT molecular complexity index is 496. The topological polar surface area (TPSA) is 0 Å². The predicted molar refractivity (Wildman–Crippen MR) is 88.9 cm³/mol. The van der Waals surface area contributed by atoms with E-state index in [1.807, 2.05) is 0 Å². The summed E-state index contributed by atoms with van der Waals surface area (Å²) in [6.07, 6.45) is 6.58. The molecule has 0 fully saturated rings. The van der Waals surface area contributed by atoms with Gasteiger partial charge in [0.1, 0.15) is 0 Å². The lowest BCUT2D eigenvalue weighted by Crippen LogP contribution is -1.92. The third-order valence-corrected chi connectivity index (χ3v) is 3.83. The first-order valence-corrected chi connectivity index (χ1v) is 7.90. The van der Waals surface area contributed by atoms with Crippen LogP contribution >= 0.6 is 0 Å². The van der Waals surface area contributed by atoms with E-state index < -0.39 is 0 Å². The van der Waals surface area contributed by atoms with Crippen LogP contribution in [-0.4, -0.2) is 0 Å². The highest BCUT2D eigenvalue weighted by atomic mass is 14.1. The van der Waals surface area contributed by atoms with Gasteiger partial charge in [0, 0.05) is 0 Å². The van der Waals surface area contributed by atoms with E-state index in [4.69, 9.17) is 0 Å². The highest BCUT2D eigenvalue weighted by Gasteiger charge is 2.04. The Kier molecular flexibility index (Phi) is 5.86. The second kappa shape index (κ2) is 7.89. The van der Waals surface area contributed by atoms with Crippen molar-refractivity contribution in [2.45, 2.75) is 46.0 Å². The van der Waals surface area contributed by atoms with Gasteiger partial charge in [0.05, 0.1) is 0 Å². The zero-order chi connectivity index (χ0) is 14.2. The first-order valence-electron chi connectivity index (χ1n) is 7.90. The summed E-state index contributed by atoms with van der Waals surface area (Å²) in [4.78, 5) is 0. The minimum atomic E-state index is 0.839. The molecule has 2 aromatic rings. The fourth-order valence-corrected chi connectivity index (χ4v) is 2.68. The zero-order valence-corrected chi connectivity index (χ0v) is 12.8. The summed E-state index contributed by atoms with van der Waals surface area (Å²) >= 11 is 0. The monoisotopic (exact) mass is 266 g/mol. The smallest absolute Gasteiger partial charge is 0.0152 e. The Morgan fingerprint density at radius 1 is 0.750 bits per heavy atom. The van der Waals surface area contributed by atoms with Crippen molar-refractivity contribution < 1.29 is 0 Å². The molecule has 0 bridgehead atoms. The van der Waals surface area contributed by atoms with Gasteiger partial charge in [-0.05, 0) is 35.4 Å². The van der Waals surface area contributed by atoms with Gasteiger partial charge in [0.2, 0.25) is 0 Å². The summed E-state index contributed by atoms with van der Waals surface area (Å²) in [7, 11) is 0. The molecule has 0 heteroatoms. The molecule has 0 unspecified atom stereocenters. The van der Waals surface area contributed by atoms with Crippen LogP contribution in [0.15, 0.2) is 54.6 Å². The fourth-order valence-electron chi connectivity index (χ4n) is 2.68. The lowest BCUT2D eigenvalue weighted by Gasteiger charge is -2.10. The molecule has 0 nitrogen and oxygen atoms in total. The van der Waals surface area contributed by atoms with E-state index in [-0.39, 0.29) is 0 Å². The minimum absolute atomic E-state index is 0.839. The van der Waals surface area contributed by atoms with Crippen LogP contribution in [0.25, 0.3) is 11.1 Å². The van der Waals surface area contributed by atoms with Crippen molar-refractivity contribution in [1.29, 1.82) is 0 Å². The molecule has 0 radical (unpaired) electrons. The molecule has 0 aliphatic rings. The second-order valence-electron chi connectivity index (χ2n) is 6.02. The standard InChI is InChI=1S/C20H26/c1-17(2)11-5-3-6-12-19-15-9-10-16-20(19)18-13-7-4-8-14-18/h4,7-10,13-17H,3,5-6,11-12H2,1-2H3. The maximum Gasteiger partial charge on any atom is -0.0152 e. The minimum Gasteiger partial charge on any atom is -0.0628 e. The van der Waals surface area contributed by atoms with E-state index >= 15 is 0 Å². The molecule has 0 aliphatic heterocycles. The molecule has 0 N–H and O–H groups in total. The summed E-state index contributed by atoms with van der Waals surface area (Å²) in [6, 6.07) is 19.6. The number of benzene rings is 2. The Balaban J connectivity index is 1.95. The average molecular weight is 266 g/mol. The van der Waals surface area contributed by atoms with Crippen molar-refractivity contribution in [1.82, 2.24) is 0 Å². The molecule has 2 aromatic carbocycles. The van der Waals surface area contributed by atoms with Crippen LogP contribution in [0.5, 0.6) is 0 Å². The maximum atomic E-state index is 2.31. The largest absolute Gasteiger partial charge is 0.0628 e. The maximum absolute atomic E-state index is 2.31. The van der Waals surface area contributed by atoms with Crippen molar-refractivity contribution in [3.05, 3.63) is 60.2 Å². The van der Waals surface area contributed by atoms with E-state index in [0.717, 1.165) is 5.92 Å². The molecule has 0 aromatic heterocycles. The molecule has 106 valence electrons. The highest BCUT2D eigenvalue weighted by Crippen LogP contribution is 2.25. The van der Waals surface area contributed by atoms with Crippen molar-refractivity contribution in [2.75, 3.05) is 0 Å². The fraction of sp³-hybridized carbons (Fsp3) is 0.400. The van der Waals surface area contributed by atoms with E-state index in [1.165, 1.54) is 48.8 Å². The summed E-state index contributed by atoms with van der Waals surface area (Å²) in [5.41, 5.74) is 4.23. The quantitative estimate of drug-likeness (QED) is 0.530. The van der Waals surface area contributed by atoms with Gasteiger partial charge in [0.25, 0.3) is 0 Å². The highest BCUT2D eigenvalue weighted by molar-refractivity contribution is 5.67. The Labute approximate surface area is 123 Å². The van der Waals surface area contributed by atoms with E-state index in [9.17, 15) is 0 Å². The molecule has 0 saturated heterocycles. The van der Waals surface area contributed by atoms with Gasteiger partial charge in [-0.2, -0.15) is 0 Å². The molecule has 0 atom stereocenters. The van der Waals surface area contributed by atoms with Gasteiger partial charge in [-0.3, -0.25) is 0 Å². The zero-order valence-electron chi connectivity index (χ0n) is 12.8. The van der Waals surface area contributed by atoms with Crippen LogP contribution in [0, 0.1) is 5.92 Å². The second-order valence-corrected chi connectivity index (χ2v) is 6.02. The van der Waals surface area contributed by atoms with Gasteiger partial charge in [-0.1, -0.05) is 87.7 Å². The Morgan fingerprint density at radius 3 is 2.20 bits per heavy atom. The van der Waals surface area contributed by atoms with Crippen LogP contribution in [0.4, 0.5) is 0 Å². The van der Waals surface area contributed by atoms with Crippen LogP contribution in [-0.2, 0) is 6.42 Å². The lowest BCUT2D eigenvalue weighted by atomic mass is 9.95. The van der Waals surface area contributed by atoms with E-state index in [0.29, 0.717) is 0 Å². The molecular formula is C20H26. The molecule has 20 heavy (non-hydrogen) atoms. The predicted octanol–water partition coefficient (Wildman–Crippen LogP) is 6.11. The van der Waals surface area contributed by atoms with Crippen LogP contribution in [0.1, 0.15) is 45.1 Å². The average Bonchev–Trinajstić information content (AvgIpc) is 2.48. The van der Waals surface area contributed by atoms with Gasteiger partial charge in [0.15, 0.2) is 0 Å². The molecule has 0 spiro atoms. The van der Waals surface area contributed by atoms with Crippen LogP contribution < -0.4 is 0 Å². The number of hydrogen-bond donors (Lipinski definition) is 0. The normalized spacial score (nSPS) is 10.9. The third kappa shape index (κ3) is 4.52. The number of hydrogen-bond acceptors (Lipinski definition) is 0. The first kappa shape index (κ1) is 14.8. The van der Waals surface area contributed by atoms with Gasteiger partial charge in [-0.25, -0.2) is 0 Å². The Morgan fingerprint density at radius 2 is 1.45 bits per heavy atom. The molecule has 0 saturated carbocycles. The van der Waals surface area contributed by atoms with Gasteiger partial charge in [-0.15, -0.1) is 0 Å². The molecular weight excluding hydrogens is 240 g/mol. The lowest BCUT2D eigenvalue weighted by molar-refractivity contribution is 0.527. The molecule has 0 amide bonds. The number of unbranched alkanes of at least 4 members (excludes halogenated alkanes) is 2. The summed E-state index contributed by atoms with van der Waals surface area (Å²) in [5.74, 6) is 0.839. The number of aryl methyl sites for hydroxylation is 1. The molecule has 0 heterocycles. The first-order chi connectivity index (χ1) is 9.77. The van der Waals surface area contributed by atoms with Crippen molar-refractivity contribution in [2.24, 2.45) is 5.92 Å². The van der Waals surface area contributed by atoms with Crippen LogP contribution in [0.3, 0.4) is 0 Å². The summed E-state index contributed by atoms with van der Waals surface area (Å²) in [5, 5.41) is 0. The number of rotatable bonds is 7. The van der Waals surface area contributed by atoms with Gasteiger partial charge < -0.3 is 0 Å². The van der Waals surface area contributed by atoms with E-state index in [1.54, 1.807) is 0 Å². The van der Waals surface area contributed by atoms with Crippen molar-refractivity contribution in [3.63, 3.8) is 0 Å². The van der Waals surface area contributed by atoms with Crippen molar-refractivity contribution >= 4 is 0 Å². The van der Waals surface area contributed by atoms with E-state index in [2.05, 4.69) is 68.4 Å². The van der Waals surface area contributed by atoms with Gasteiger partial charge >= 0.3 is 0 Å². The third-order valence-electron chi connectivity index (χ3n) is 3.83.